The maximum Gasteiger partial charge on any atom is 0.252 e. The molecule has 0 aliphatic carbocycles. The quantitative estimate of drug-likeness (QED) is 0.459. The number of aromatic nitrogens is 3. The second kappa shape index (κ2) is 10.3. The fourth-order valence-electron chi connectivity index (χ4n) is 3.18. The number of thiazole rings is 1. The van der Waals surface area contributed by atoms with Gasteiger partial charge in [0.2, 0.25) is 0 Å². The highest BCUT2D eigenvalue weighted by molar-refractivity contribution is 7.18. The lowest BCUT2D eigenvalue weighted by Gasteiger charge is -2.28. The molecular formula is C21H25N7O2S. The molecule has 0 spiro atoms. The summed E-state index contributed by atoms with van der Waals surface area (Å²) < 4.78 is 5.43. The molecule has 4 rings (SSSR count). The van der Waals surface area contributed by atoms with Crippen molar-refractivity contribution in [1.82, 2.24) is 25.6 Å². The first-order chi connectivity index (χ1) is 15.2. The molecule has 0 saturated carbocycles. The van der Waals surface area contributed by atoms with Crippen LogP contribution in [0.4, 0.5) is 16.6 Å². The minimum absolute atomic E-state index is 0.142. The second-order valence-corrected chi connectivity index (χ2v) is 8.01. The first kappa shape index (κ1) is 21.2. The lowest BCUT2D eigenvalue weighted by Crippen LogP contribution is -2.36. The number of hydrogen-bond donors (Lipinski definition) is 3. The van der Waals surface area contributed by atoms with Crippen molar-refractivity contribution in [1.29, 1.82) is 0 Å². The van der Waals surface area contributed by atoms with Gasteiger partial charge in [-0.1, -0.05) is 11.3 Å². The van der Waals surface area contributed by atoms with Gasteiger partial charge in [-0.3, -0.25) is 9.78 Å². The van der Waals surface area contributed by atoms with E-state index in [0.717, 1.165) is 53.4 Å². The number of carbonyl (C=O) groups is 1. The first-order valence-electron chi connectivity index (χ1n) is 10.1. The van der Waals surface area contributed by atoms with Crippen molar-refractivity contribution in [2.75, 3.05) is 56.7 Å². The molecule has 1 fully saturated rings. The average molecular weight is 440 g/mol. The Morgan fingerprint density at radius 2 is 2.03 bits per heavy atom. The molecule has 4 heterocycles. The topological polar surface area (TPSA) is 104 Å². The molecule has 0 radical (unpaired) electrons. The van der Waals surface area contributed by atoms with Crippen LogP contribution in [-0.4, -0.2) is 67.3 Å². The number of rotatable bonds is 8. The van der Waals surface area contributed by atoms with Gasteiger partial charge in [-0.05, 0) is 19.2 Å². The van der Waals surface area contributed by atoms with Gasteiger partial charge in [-0.2, -0.15) is 0 Å². The highest BCUT2D eigenvalue weighted by atomic mass is 32.1. The van der Waals surface area contributed by atoms with Crippen molar-refractivity contribution in [3.05, 3.63) is 48.5 Å². The zero-order valence-electron chi connectivity index (χ0n) is 17.3. The predicted molar refractivity (Wildman–Crippen MR) is 122 cm³/mol. The molecule has 0 unspecified atom stereocenters. The summed E-state index contributed by atoms with van der Waals surface area (Å²) in [6.07, 6.45) is 6.87. The number of carbonyl (C=O) groups excluding carboxylic acids is 1. The second-order valence-electron chi connectivity index (χ2n) is 6.98. The van der Waals surface area contributed by atoms with Crippen molar-refractivity contribution in [3.8, 4) is 10.4 Å². The van der Waals surface area contributed by atoms with E-state index in [1.807, 2.05) is 25.2 Å². The van der Waals surface area contributed by atoms with Crippen LogP contribution in [0.15, 0.2) is 43.0 Å². The molecule has 3 aromatic rings. The molecule has 1 saturated heterocycles. The van der Waals surface area contributed by atoms with Crippen molar-refractivity contribution in [2.24, 2.45) is 0 Å². The Kier molecular flexibility index (Phi) is 7.03. The summed E-state index contributed by atoms with van der Waals surface area (Å²) >= 11 is 1.49. The van der Waals surface area contributed by atoms with Gasteiger partial charge in [0, 0.05) is 68.3 Å². The molecule has 1 aliphatic rings. The van der Waals surface area contributed by atoms with Crippen LogP contribution in [0.1, 0.15) is 10.4 Å². The fraction of sp³-hybridized carbons (Fsp3) is 0.333. The number of anilines is 3. The molecule has 0 aromatic carbocycles. The standard InChI is InChI=1S/C21H25N7O2S/c1-22-4-5-25-20(29)16-10-15(12-23-13-16)18-14-26-21(31-18)27-19-11-17(2-3-24-19)28-6-8-30-9-7-28/h2-3,10-14,22H,4-9H2,1H3,(H,25,29)(H,24,26,27). The van der Waals surface area contributed by atoms with Gasteiger partial charge in [0.1, 0.15) is 5.82 Å². The van der Waals surface area contributed by atoms with Crippen molar-refractivity contribution in [3.63, 3.8) is 0 Å². The van der Waals surface area contributed by atoms with E-state index < -0.39 is 0 Å². The summed E-state index contributed by atoms with van der Waals surface area (Å²) in [6, 6.07) is 5.85. The van der Waals surface area contributed by atoms with Gasteiger partial charge < -0.3 is 25.6 Å². The summed E-state index contributed by atoms with van der Waals surface area (Å²) in [6.45, 7) is 4.49. The van der Waals surface area contributed by atoms with E-state index in [9.17, 15) is 4.79 Å². The van der Waals surface area contributed by atoms with E-state index in [-0.39, 0.29) is 5.91 Å². The molecule has 162 valence electrons. The molecular weight excluding hydrogens is 414 g/mol. The highest BCUT2D eigenvalue weighted by Gasteiger charge is 2.13. The third-order valence-electron chi connectivity index (χ3n) is 4.81. The summed E-state index contributed by atoms with van der Waals surface area (Å²) in [5.74, 6) is 0.595. The third-order valence-corrected chi connectivity index (χ3v) is 5.77. The lowest BCUT2D eigenvalue weighted by molar-refractivity contribution is 0.0954. The first-order valence-corrected chi connectivity index (χ1v) is 10.9. The summed E-state index contributed by atoms with van der Waals surface area (Å²) in [4.78, 5) is 28.6. The maximum absolute atomic E-state index is 12.3. The average Bonchev–Trinajstić information content (AvgIpc) is 3.28. The highest BCUT2D eigenvalue weighted by Crippen LogP contribution is 2.31. The van der Waals surface area contributed by atoms with Crippen molar-refractivity contribution < 1.29 is 9.53 Å². The minimum atomic E-state index is -0.142. The van der Waals surface area contributed by atoms with Gasteiger partial charge in [0.05, 0.1) is 23.7 Å². The van der Waals surface area contributed by atoms with E-state index in [1.54, 1.807) is 24.8 Å². The Balaban J connectivity index is 1.44. The number of pyridine rings is 2. The van der Waals surface area contributed by atoms with E-state index in [1.165, 1.54) is 11.3 Å². The monoisotopic (exact) mass is 439 g/mol. The summed E-state index contributed by atoms with van der Waals surface area (Å²) in [7, 11) is 1.85. The predicted octanol–water partition coefficient (Wildman–Crippen LogP) is 2.13. The fourth-order valence-corrected chi connectivity index (χ4v) is 3.99. The number of nitrogens with one attached hydrogen (secondary N) is 3. The lowest BCUT2D eigenvalue weighted by atomic mass is 10.2. The Hall–Kier alpha value is -3.08. The minimum Gasteiger partial charge on any atom is -0.378 e. The zero-order valence-corrected chi connectivity index (χ0v) is 18.1. The van der Waals surface area contributed by atoms with Crippen LogP contribution in [0, 0.1) is 0 Å². The maximum atomic E-state index is 12.3. The number of nitrogens with zero attached hydrogens (tertiary/aromatic N) is 4. The number of likely N-dealkylation sites (N-methyl/N-ethyl adjacent to an activating group) is 1. The van der Waals surface area contributed by atoms with E-state index in [4.69, 9.17) is 4.74 Å². The van der Waals surface area contributed by atoms with Crippen LogP contribution in [0.5, 0.6) is 0 Å². The molecule has 3 N–H and O–H groups in total. The smallest absolute Gasteiger partial charge is 0.252 e. The molecule has 1 amide bonds. The van der Waals surface area contributed by atoms with E-state index >= 15 is 0 Å². The Bertz CT molecular complexity index is 1020. The van der Waals surface area contributed by atoms with Gasteiger partial charge in [0.15, 0.2) is 5.13 Å². The van der Waals surface area contributed by atoms with Crippen LogP contribution >= 0.6 is 11.3 Å². The SMILES string of the molecule is CNCCNC(=O)c1cncc(-c2cnc(Nc3cc(N4CCOCC4)ccn3)s2)c1. The molecule has 10 heteroatoms. The van der Waals surface area contributed by atoms with E-state index in [0.29, 0.717) is 18.7 Å². The molecule has 0 bridgehead atoms. The van der Waals surface area contributed by atoms with Gasteiger partial charge in [-0.25, -0.2) is 9.97 Å². The number of ether oxygens (including phenoxy) is 1. The molecule has 9 nitrogen and oxygen atoms in total. The van der Waals surface area contributed by atoms with Crippen LogP contribution < -0.4 is 20.9 Å². The number of morpholine rings is 1. The zero-order chi connectivity index (χ0) is 21.5. The van der Waals surface area contributed by atoms with Crippen LogP contribution in [0.3, 0.4) is 0 Å². The van der Waals surface area contributed by atoms with Crippen molar-refractivity contribution in [2.45, 2.75) is 0 Å². The van der Waals surface area contributed by atoms with Gasteiger partial charge >= 0.3 is 0 Å². The summed E-state index contributed by atoms with van der Waals surface area (Å²) in [5, 5.41) is 9.87. The van der Waals surface area contributed by atoms with Crippen LogP contribution in [0.2, 0.25) is 0 Å². The number of hydrogen-bond acceptors (Lipinski definition) is 9. The largest absolute Gasteiger partial charge is 0.378 e. The third kappa shape index (κ3) is 5.54. The molecule has 0 atom stereocenters. The van der Waals surface area contributed by atoms with Crippen molar-refractivity contribution >= 4 is 33.9 Å². The molecule has 1 aliphatic heterocycles. The van der Waals surface area contributed by atoms with Gasteiger partial charge in [0.25, 0.3) is 5.91 Å². The summed E-state index contributed by atoms with van der Waals surface area (Å²) in [5.41, 5.74) is 2.48. The molecule has 3 aromatic heterocycles. The Morgan fingerprint density at radius 3 is 2.87 bits per heavy atom. The molecule has 31 heavy (non-hydrogen) atoms. The Labute approximate surface area is 184 Å². The van der Waals surface area contributed by atoms with Crippen LogP contribution in [-0.2, 0) is 4.74 Å². The Morgan fingerprint density at radius 1 is 1.16 bits per heavy atom. The van der Waals surface area contributed by atoms with Gasteiger partial charge in [-0.15, -0.1) is 0 Å². The normalized spacial score (nSPS) is 13.8. The number of amides is 1. The van der Waals surface area contributed by atoms with Crippen LogP contribution in [0.25, 0.3) is 10.4 Å². The van der Waals surface area contributed by atoms with E-state index in [2.05, 4.69) is 35.8 Å².